The minimum atomic E-state index is 0.628. The number of para-hydroxylation sites is 2. The fourth-order valence-corrected chi connectivity index (χ4v) is 8.34. The molecule has 4 heteroatoms. The number of hydrogen-bond acceptors (Lipinski definition) is 3. The minimum Gasteiger partial charge on any atom is -0.309 e. The van der Waals surface area contributed by atoms with Crippen molar-refractivity contribution in [2.75, 3.05) is 0 Å². The van der Waals surface area contributed by atoms with E-state index in [0.29, 0.717) is 17.5 Å². The van der Waals surface area contributed by atoms with E-state index in [1.165, 1.54) is 44.1 Å². The van der Waals surface area contributed by atoms with Gasteiger partial charge in [-0.2, -0.15) is 0 Å². The molecule has 0 saturated heterocycles. The average molecular weight is 779 g/mol. The summed E-state index contributed by atoms with van der Waals surface area (Å²) in [6, 6.07) is 81.2. The van der Waals surface area contributed by atoms with Gasteiger partial charge in [-0.05, 0) is 74.8 Å². The third-order valence-corrected chi connectivity index (χ3v) is 11.5. The second-order valence-corrected chi connectivity index (χ2v) is 15.3. The van der Waals surface area contributed by atoms with E-state index in [9.17, 15) is 0 Å². The fourth-order valence-electron chi connectivity index (χ4n) is 8.34. The Hall–Kier alpha value is -8.21. The zero-order valence-electron chi connectivity index (χ0n) is 33.2. The highest BCUT2D eigenvalue weighted by Gasteiger charge is 2.15. The van der Waals surface area contributed by atoms with Gasteiger partial charge in [0.25, 0.3) is 0 Å². The van der Waals surface area contributed by atoms with Crippen molar-refractivity contribution in [1.29, 1.82) is 0 Å². The second-order valence-electron chi connectivity index (χ2n) is 15.3. The zero-order chi connectivity index (χ0) is 40.5. The van der Waals surface area contributed by atoms with Gasteiger partial charge in [-0.3, -0.25) is 0 Å². The monoisotopic (exact) mass is 778 g/mol. The topological polar surface area (TPSA) is 43.6 Å². The highest BCUT2D eigenvalue weighted by atomic mass is 15.0. The lowest BCUT2D eigenvalue weighted by Crippen LogP contribution is -2.00. The Bertz CT molecular complexity index is 3140. The predicted molar refractivity (Wildman–Crippen MR) is 252 cm³/mol. The molecule has 2 heterocycles. The molecule has 0 amide bonds. The molecule has 0 saturated carbocycles. The van der Waals surface area contributed by atoms with E-state index in [4.69, 9.17) is 15.0 Å². The van der Waals surface area contributed by atoms with Gasteiger partial charge in [0.05, 0.1) is 11.0 Å². The van der Waals surface area contributed by atoms with E-state index in [1.807, 2.05) is 12.1 Å². The maximum absolute atomic E-state index is 5.06. The molecule has 11 rings (SSSR count). The quantitative estimate of drug-likeness (QED) is 0.154. The van der Waals surface area contributed by atoms with Gasteiger partial charge >= 0.3 is 0 Å². The molecule has 0 spiro atoms. The van der Waals surface area contributed by atoms with Crippen LogP contribution >= 0.6 is 0 Å². The molecular formula is C57H38N4. The standard InChI is InChI=1S/C57H38N4/c1-3-12-39(13-4-1)41-22-28-45(29-23-41)55-58-56(46-30-24-42(25-31-46)40-14-5-2-6-15-40)60-57(59-55)47-32-26-43(27-33-47)48-16-11-17-49(38-48)44-34-36-50(37-35-44)61-53-20-9-7-18-51(53)52-19-8-10-21-54(52)61/h1-38H. The Morgan fingerprint density at radius 3 is 0.934 bits per heavy atom. The van der Waals surface area contributed by atoms with Crippen molar-refractivity contribution in [1.82, 2.24) is 19.5 Å². The van der Waals surface area contributed by atoms with Crippen molar-refractivity contribution in [3.8, 4) is 84.4 Å². The first-order valence-electron chi connectivity index (χ1n) is 20.6. The molecule has 0 atom stereocenters. The van der Waals surface area contributed by atoms with E-state index in [0.717, 1.165) is 44.6 Å². The number of nitrogens with zero attached hydrogens (tertiary/aromatic N) is 4. The lowest BCUT2D eigenvalue weighted by molar-refractivity contribution is 1.07. The smallest absolute Gasteiger partial charge is 0.164 e. The van der Waals surface area contributed by atoms with Crippen LogP contribution in [0.15, 0.2) is 231 Å². The van der Waals surface area contributed by atoms with Gasteiger partial charge in [0, 0.05) is 33.2 Å². The van der Waals surface area contributed by atoms with Crippen molar-refractivity contribution >= 4 is 21.8 Å². The summed E-state index contributed by atoms with van der Waals surface area (Å²) in [6.07, 6.45) is 0. The molecule has 286 valence electrons. The first-order valence-corrected chi connectivity index (χ1v) is 20.6. The average Bonchev–Trinajstić information content (AvgIpc) is 3.69. The van der Waals surface area contributed by atoms with E-state index in [2.05, 4.69) is 223 Å². The number of aromatic nitrogens is 4. The SMILES string of the molecule is c1ccc(-c2ccc(-c3nc(-c4ccc(-c5ccccc5)cc4)nc(-c4ccc(-c5cccc(-c6ccc(-n7c8ccccc8c8ccccc87)cc6)c5)cc4)n3)cc2)cc1. The third kappa shape index (κ3) is 6.96. The molecule has 0 aliphatic rings. The van der Waals surface area contributed by atoms with Crippen LogP contribution in [0.1, 0.15) is 0 Å². The highest BCUT2D eigenvalue weighted by Crippen LogP contribution is 2.34. The van der Waals surface area contributed by atoms with Gasteiger partial charge in [0.2, 0.25) is 0 Å². The molecule has 0 fully saturated rings. The minimum absolute atomic E-state index is 0.628. The van der Waals surface area contributed by atoms with Gasteiger partial charge in [-0.25, -0.2) is 15.0 Å². The van der Waals surface area contributed by atoms with E-state index in [1.54, 1.807) is 0 Å². The van der Waals surface area contributed by atoms with Gasteiger partial charge < -0.3 is 4.57 Å². The van der Waals surface area contributed by atoms with Crippen LogP contribution < -0.4 is 0 Å². The molecule has 61 heavy (non-hydrogen) atoms. The maximum atomic E-state index is 5.06. The molecule has 9 aromatic carbocycles. The molecule has 0 N–H and O–H groups in total. The zero-order valence-corrected chi connectivity index (χ0v) is 33.2. The molecule has 0 bridgehead atoms. The molecular weight excluding hydrogens is 741 g/mol. The summed E-state index contributed by atoms with van der Waals surface area (Å²) in [4.78, 5) is 15.1. The molecule has 0 aliphatic carbocycles. The Balaban J connectivity index is 0.907. The van der Waals surface area contributed by atoms with E-state index >= 15 is 0 Å². The number of fused-ring (bicyclic) bond motifs is 3. The van der Waals surface area contributed by atoms with Crippen LogP contribution in [0.3, 0.4) is 0 Å². The molecule has 11 aromatic rings. The van der Waals surface area contributed by atoms with Crippen LogP contribution in [-0.4, -0.2) is 19.5 Å². The van der Waals surface area contributed by atoms with Crippen LogP contribution in [0.25, 0.3) is 106 Å². The normalized spacial score (nSPS) is 11.3. The van der Waals surface area contributed by atoms with Crippen LogP contribution in [0.5, 0.6) is 0 Å². The number of benzene rings is 9. The summed E-state index contributed by atoms with van der Waals surface area (Å²) < 4.78 is 2.36. The first kappa shape index (κ1) is 35.9. The summed E-state index contributed by atoms with van der Waals surface area (Å²) in [5.41, 5.74) is 15.6. The summed E-state index contributed by atoms with van der Waals surface area (Å²) in [7, 11) is 0. The molecule has 0 radical (unpaired) electrons. The van der Waals surface area contributed by atoms with E-state index < -0.39 is 0 Å². The van der Waals surface area contributed by atoms with Gasteiger partial charge in [-0.1, -0.05) is 200 Å². The number of hydrogen-bond donors (Lipinski definition) is 0. The molecule has 0 aliphatic heterocycles. The fraction of sp³-hybridized carbons (Fsp3) is 0. The van der Waals surface area contributed by atoms with Crippen LogP contribution in [0.2, 0.25) is 0 Å². The summed E-state index contributed by atoms with van der Waals surface area (Å²) in [5, 5.41) is 2.53. The van der Waals surface area contributed by atoms with Gasteiger partial charge in [-0.15, -0.1) is 0 Å². The van der Waals surface area contributed by atoms with Crippen LogP contribution in [0.4, 0.5) is 0 Å². The van der Waals surface area contributed by atoms with Crippen molar-refractivity contribution in [2.45, 2.75) is 0 Å². The van der Waals surface area contributed by atoms with Crippen molar-refractivity contribution < 1.29 is 0 Å². The first-order chi connectivity index (χ1) is 30.2. The largest absolute Gasteiger partial charge is 0.309 e. The highest BCUT2D eigenvalue weighted by molar-refractivity contribution is 6.09. The predicted octanol–water partition coefficient (Wildman–Crippen LogP) is 14.6. The van der Waals surface area contributed by atoms with Crippen LogP contribution in [0, 0.1) is 0 Å². The Kier molecular flexibility index (Phi) is 9.14. The van der Waals surface area contributed by atoms with Crippen molar-refractivity contribution in [3.05, 3.63) is 231 Å². The van der Waals surface area contributed by atoms with E-state index in [-0.39, 0.29) is 0 Å². The second kappa shape index (κ2) is 15.5. The van der Waals surface area contributed by atoms with Crippen molar-refractivity contribution in [3.63, 3.8) is 0 Å². The summed E-state index contributed by atoms with van der Waals surface area (Å²) >= 11 is 0. The van der Waals surface area contributed by atoms with Crippen molar-refractivity contribution in [2.24, 2.45) is 0 Å². The Morgan fingerprint density at radius 1 is 0.230 bits per heavy atom. The molecule has 4 nitrogen and oxygen atoms in total. The van der Waals surface area contributed by atoms with Gasteiger partial charge in [0.1, 0.15) is 0 Å². The third-order valence-electron chi connectivity index (χ3n) is 11.5. The van der Waals surface area contributed by atoms with Gasteiger partial charge in [0.15, 0.2) is 17.5 Å². The summed E-state index contributed by atoms with van der Waals surface area (Å²) in [6.45, 7) is 0. The van der Waals surface area contributed by atoms with Crippen LogP contribution in [-0.2, 0) is 0 Å². The maximum Gasteiger partial charge on any atom is 0.164 e. The molecule has 2 aromatic heterocycles. The summed E-state index contributed by atoms with van der Waals surface area (Å²) in [5.74, 6) is 1.89. The lowest BCUT2D eigenvalue weighted by Gasteiger charge is -2.11. The Morgan fingerprint density at radius 2 is 0.525 bits per heavy atom. The molecule has 0 unspecified atom stereocenters. The number of rotatable bonds is 8. The lowest BCUT2D eigenvalue weighted by atomic mass is 9.98. The Labute approximate surface area is 354 Å².